The van der Waals surface area contributed by atoms with E-state index in [-0.39, 0.29) is 12.6 Å². The molecule has 0 aliphatic heterocycles. The van der Waals surface area contributed by atoms with E-state index in [0.29, 0.717) is 6.04 Å². The summed E-state index contributed by atoms with van der Waals surface area (Å²) in [6.07, 6.45) is 0. The van der Waals surface area contributed by atoms with E-state index >= 15 is 0 Å². The molecule has 1 atom stereocenters. The Bertz CT molecular complexity index is 262. The molecule has 0 spiro atoms. The first-order chi connectivity index (χ1) is 6.13. The van der Waals surface area contributed by atoms with Gasteiger partial charge in [-0.2, -0.15) is 0 Å². The fraction of sp³-hybridized carbons (Fsp3) is 0.556. The van der Waals surface area contributed by atoms with Crippen LogP contribution in [0.15, 0.2) is 15.9 Å². The highest BCUT2D eigenvalue weighted by molar-refractivity contribution is 9.11. The molecule has 2 nitrogen and oxygen atoms in total. The van der Waals surface area contributed by atoms with E-state index in [1.807, 2.05) is 12.1 Å². The predicted molar refractivity (Wildman–Crippen MR) is 60.1 cm³/mol. The Morgan fingerprint density at radius 2 is 2.23 bits per heavy atom. The van der Waals surface area contributed by atoms with Crippen LogP contribution in [0.2, 0.25) is 0 Å². The van der Waals surface area contributed by atoms with Crippen molar-refractivity contribution in [3.05, 3.63) is 20.8 Å². The van der Waals surface area contributed by atoms with Crippen LogP contribution in [-0.4, -0.2) is 17.8 Å². The van der Waals surface area contributed by atoms with E-state index in [1.54, 1.807) is 11.3 Å². The lowest BCUT2D eigenvalue weighted by atomic mass is 10.2. The molecule has 1 aromatic heterocycles. The van der Waals surface area contributed by atoms with Gasteiger partial charge in [-0.05, 0) is 28.1 Å². The minimum atomic E-state index is 0.0660. The van der Waals surface area contributed by atoms with Gasteiger partial charge in [0.1, 0.15) is 0 Å². The van der Waals surface area contributed by atoms with Crippen LogP contribution in [0.4, 0.5) is 0 Å². The Labute approximate surface area is 91.1 Å². The number of halogens is 1. The summed E-state index contributed by atoms with van der Waals surface area (Å²) in [5, 5.41) is 12.5. The second-order valence-corrected chi connectivity index (χ2v) is 5.69. The maximum atomic E-state index is 9.17. The Hall–Kier alpha value is 0.1000. The van der Waals surface area contributed by atoms with E-state index in [1.165, 1.54) is 4.88 Å². The Kier molecular flexibility index (Phi) is 4.38. The van der Waals surface area contributed by atoms with Crippen LogP contribution >= 0.6 is 27.3 Å². The third-order valence-corrected chi connectivity index (χ3v) is 3.39. The Morgan fingerprint density at radius 1 is 1.54 bits per heavy atom. The van der Waals surface area contributed by atoms with Crippen LogP contribution in [-0.2, 0) is 0 Å². The second-order valence-electron chi connectivity index (χ2n) is 3.20. The van der Waals surface area contributed by atoms with E-state index in [4.69, 9.17) is 5.11 Å². The minimum Gasteiger partial charge on any atom is -0.394 e. The van der Waals surface area contributed by atoms with E-state index in [2.05, 4.69) is 35.1 Å². The van der Waals surface area contributed by atoms with Gasteiger partial charge in [0.15, 0.2) is 0 Å². The summed E-state index contributed by atoms with van der Waals surface area (Å²) in [4.78, 5) is 1.17. The molecule has 1 aromatic rings. The molecule has 0 radical (unpaired) electrons. The van der Waals surface area contributed by atoms with Gasteiger partial charge in [-0.25, -0.2) is 0 Å². The summed E-state index contributed by atoms with van der Waals surface area (Å²) >= 11 is 5.06. The van der Waals surface area contributed by atoms with Crippen molar-refractivity contribution >= 4 is 27.3 Å². The highest BCUT2D eigenvalue weighted by Crippen LogP contribution is 2.27. The molecule has 0 fully saturated rings. The fourth-order valence-electron chi connectivity index (χ4n) is 1.14. The second kappa shape index (κ2) is 5.10. The molecule has 13 heavy (non-hydrogen) atoms. The molecule has 1 unspecified atom stereocenters. The zero-order valence-corrected chi connectivity index (χ0v) is 10.2. The summed E-state index contributed by atoms with van der Waals surface area (Å²) in [6, 6.07) is 4.49. The normalized spacial score (nSPS) is 13.6. The number of hydrogen-bond acceptors (Lipinski definition) is 3. The van der Waals surface area contributed by atoms with Crippen molar-refractivity contribution in [3.8, 4) is 0 Å². The molecule has 0 amide bonds. The highest BCUT2D eigenvalue weighted by Gasteiger charge is 2.12. The average molecular weight is 264 g/mol. The smallest absolute Gasteiger partial charge is 0.0702 e. The van der Waals surface area contributed by atoms with Gasteiger partial charge in [0.2, 0.25) is 0 Å². The summed E-state index contributed by atoms with van der Waals surface area (Å²) in [5.41, 5.74) is 0. The van der Waals surface area contributed by atoms with Crippen LogP contribution < -0.4 is 5.32 Å². The lowest BCUT2D eigenvalue weighted by Gasteiger charge is -2.17. The predicted octanol–water partition coefficient (Wildman–Crippen LogP) is 2.54. The van der Waals surface area contributed by atoms with Crippen LogP contribution in [0.25, 0.3) is 0 Å². The zero-order valence-electron chi connectivity index (χ0n) is 7.75. The number of hydrogen-bond donors (Lipinski definition) is 2. The summed E-state index contributed by atoms with van der Waals surface area (Å²) in [7, 11) is 0. The maximum Gasteiger partial charge on any atom is 0.0702 e. The average Bonchev–Trinajstić information content (AvgIpc) is 2.47. The third-order valence-electron chi connectivity index (χ3n) is 1.65. The van der Waals surface area contributed by atoms with Gasteiger partial charge in [0.05, 0.1) is 16.4 Å². The maximum absolute atomic E-state index is 9.17. The molecular formula is C9H14BrNOS. The largest absolute Gasteiger partial charge is 0.394 e. The van der Waals surface area contributed by atoms with Gasteiger partial charge in [0, 0.05) is 10.9 Å². The number of aliphatic hydroxyl groups excluding tert-OH is 1. The van der Waals surface area contributed by atoms with Crippen LogP contribution in [0.5, 0.6) is 0 Å². The fourth-order valence-corrected chi connectivity index (χ4v) is 2.62. The molecule has 1 heterocycles. The minimum absolute atomic E-state index is 0.0660. The molecule has 0 saturated carbocycles. The summed E-state index contributed by atoms with van der Waals surface area (Å²) in [6.45, 7) is 4.29. The molecule has 0 aliphatic carbocycles. The van der Waals surface area contributed by atoms with Crippen LogP contribution in [0, 0.1) is 0 Å². The first-order valence-electron chi connectivity index (χ1n) is 4.25. The van der Waals surface area contributed by atoms with Crippen molar-refractivity contribution < 1.29 is 5.11 Å². The van der Waals surface area contributed by atoms with Crippen LogP contribution in [0.1, 0.15) is 24.8 Å². The van der Waals surface area contributed by atoms with Crippen LogP contribution in [0.3, 0.4) is 0 Å². The van der Waals surface area contributed by atoms with Crippen molar-refractivity contribution in [2.75, 3.05) is 6.61 Å². The van der Waals surface area contributed by atoms with Crippen molar-refractivity contribution in [2.24, 2.45) is 0 Å². The molecule has 1 rings (SSSR count). The quantitative estimate of drug-likeness (QED) is 0.876. The van der Waals surface area contributed by atoms with Gasteiger partial charge in [0.25, 0.3) is 0 Å². The standard InChI is InChI=1S/C9H14BrNOS/c1-6(2)11-7(5-12)8-3-4-9(10)13-8/h3-4,6-7,11-12H,5H2,1-2H3. The lowest BCUT2D eigenvalue weighted by Crippen LogP contribution is -2.29. The molecule has 74 valence electrons. The van der Waals surface area contributed by atoms with E-state index in [9.17, 15) is 0 Å². The van der Waals surface area contributed by atoms with Crippen molar-refractivity contribution in [2.45, 2.75) is 25.9 Å². The number of thiophene rings is 1. The molecule has 0 saturated heterocycles. The van der Waals surface area contributed by atoms with E-state index < -0.39 is 0 Å². The topological polar surface area (TPSA) is 32.3 Å². The Balaban J connectivity index is 2.66. The monoisotopic (exact) mass is 263 g/mol. The summed E-state index contributed by atoms with van der Waals surface area (Å²) in [5.74, 6) is 0. The van der Waals surface area contributed by atoms with Gasteiger partial charge >= 0.3 is 0 Å². The molecule has 2 N–H and O–H groups in total. The van der Waals surface area contributed by atoms with Crippen molar-refractivity contribution in [1.82, 2.24) is 5.32 Å². The van der Waals surface area contributed by atoms with Gasteiger partial charge in [-0.15, -0.1) is 11.3 Å². The van der Waals surface area contributed by atoms with Gasteiger partial charge in [-0.3, -0.25) is 0 Å². The summed E-state index contributed by atoms with van der Waals surface area (Å²) < 4.78 is 1.10. The molecule has 0 aromatic carbocycles. The molecule has 4 heteroatoms. The molecular weight excluding hydrogens is 250 g/mol. The third kappa shape index (κ3) is 3.38. The first kappa shape index (κ1) is 11.2. The molecule has 0 bridgehead atoms. The first-order valence-corrected chi connectivity index (χ1v) is 5.86. The number of aliphatic hydroxyl groups is 1. The number of rotatable bonds is 4. The van der Waals surface area contributed by atoms with E-state index in [0.717, 1.165) is 3.79 Å². The number of nitrogens with one attached hydrogen (secondary N) is 1. The Morgan fingerprint density at radius 3 is 2.62 bits per heavy atom. The lowest BCUT2D eigenvalue weighted by molar-refractivity contribution is 0.239. The van der Waals surface area contributed by atoms with Gasteiger partial charge < -0.3 is 10.4 Å². The zero-order chi connectivity index (χ0) is 9.84. The highest BCUT2D eigenvalue weighted by atomic mass is 79.9. The van der Waals surface area contributed by atoms with Crippen molar-refractivity contribution in [1.29, 1.82) is 0 Å². The van der Waals surface area contributed by atoms with Gasteiger partial charge in [-0.1, -0.05) is 13.8 Å². The molecule has 0 aliphatic rings. The van der Waals surface area contributed by atoms with Crippen molar-refractivity contribution in [3.63, 3.8) is 0 Å². The SMILES string of the molecule is CC(C)NC(CO)c1ccc(Br)s1.